The van der Waals surface area contributed by atoms with Crippen LogP contribution in [-0.4, -0.2) is 39.2 Å². The van der Waals surface area contributed by atoms with Crippen LogP contribution in [0.1, 0.15) is 35.7 Å². The van der Waals surface area contributed by atoms with Crippen molar-refractivity contribution in [1.29, 1.82) is 0 Å². The number of alkyl halides is 1. The number of amides is 1. The maximum atomic E-state index is 13.9. The van der Waals surface area contributed by atoms with Crippen molar-refractivity contribution >= 4 is 23.1 Å². The van der Waals surface area contributed by atoms with Crippen molar-refractivity contribution in [2.24, 2.45) is 0 Å². The summed E-state index contributed by atoms with van der Waals surface area (Å²) in [5.41, 5.74) is 3.45. The highest BCUT2D eigenvalue weighted by atomic mass is 19.2. The van der Waals surface area contributed by atoms with Gasteiger partial charge in [0.05, 0.1) is 5.56 Å². The minimum atomic E-state index is -1.18. The van der Waals surface area contributed by atoms with Crippen LogP contribution in [0.3, 0.4) is 0 Å². The molecule has 2 aromatic carbocycles. The van der Waals surface area contributed by atoms with E-state index in [-0.39, 0.29) is 5.56 Å². The summed E-state index contributed by atoms with van der Waals surface area (Å²) in [5, 5.41) is 14.2. The zero-order valence-corrected chi connectivity index (χ0v) is 17.4. The van der Waals surface area contributed by atoms with E-state index in [1.54, 1.807) is 12.1 Å². The number of aromatic nitrogens is 4. The van der Waals surface area contributed by atoms with Crippen LogP contribution in [0.25, 0.3) is 5.57 Å². The Morgan fingerprint density at radius 2 is 1.94 bits per heavy atom. The standard InChI is InChI=1S/C22H21F3N6O/c1-2-14-10-11-30(22-27-29-31(13-23)28-22)12-18(14)15-6-8-16(9-7-15)26-21(32)17-4-3-5-19(24)20(17)25/h3-9H,2,10-13H2,1H3,(H,26,32). The van der Waals surface area contributed by atoms with Crippen molar-refractivity contribution in [2.75, 3.05) is 23.3 Å². The number of nitrogens with one attached hydrogen (secondary N) is 1. The first-order valence-electron chi connectivity index (χ1n) is 10.2. The Hall–Kier alpha value is -3.69. The number of anilines is 2. The summed E-state index contributed by atoms with van der Waals surface area (Å²) in [4.78, 5) is 15.2. The zero-order chi connectivity index (χ0) is 22.7. The number of tetrazole rings is 1. The fraction of sp³-hybridized carbons (Fsp3) is 0.273. The second-order valence-electron chi connectivity index (χ2n) is 7.32. The third kappa shape index (κ3) is 4.34. The lowest BCUT2D eigenvalue weighted by Gasteiger charge is -2.30. The van der Waals surface area contributed by atoms with Gasteiger partial charge in [-0.2, -0.15) is 0 Å². The SMILES string of the molecule is CCC1=C(c2ccc(NC(=O)c3cccc(F)c3F)cc2)CN(c2nnn(CF)n2)CC1. The average molecular weight is 442 g/mol. The summed E-state index contributed by atoms with van der Waals surface area (Å²) in [6.07, 6.45) is 1.69. The first-order valence-corrected chi connectivity index (χ1v) is 10.2. The first kappa shape index (κ1) is 21.5. The molecule has 0 radical (unpaired) electrons. The van der Waals surface area contributed by atoms with Crippen LogP contribution in [-0.2, 0) is 6.80 Å². The van der Waals surface area contributed by atoms with Crippen molar-refractivity contribution in [3.05, 3.63) is 70.8 Å². The molecule has 1 amide bonds. The van der Waals surface area contributed by atoms with E-state index in [0.717, 1.165) is 34.8 Å². The van der Waals surface area contributed by atoms with Crippen molar-refractivity contribution in [3.8, 4) is 0 Å². The van der Waals surface area contributed by atoms with Crippen LogP contribution in [0.15, 0.2) is 48.0 Å². The molecule has 7 nitrogen and oxygen atoms in total. The number of carbonyl (C=O) groups is 1. The van der Waals surface area contributed by atoms with E-state index in [1.807, 2.05) is 17.0 Å². The summed E-state index contributed by atoms with van der Waals surface area (Å²) in [5.74, 6) is -2.61. The fourth-order valence-electron chi connectivity index (χ4n) is 3.70. The molecule has 0 bridgehead atoms. The molecule has 1 aliphatic heterocycles. The van der Waals surface area contributed by atoms with E-state index >= 15 is 0 Å². The molecule has 2 heterocycles. The second kappa shape index (κ2) is 9.21. The lowest BCUT2D eigenvalue weighted by molar-refractivity contribution is 0.102. The van der Waals surface area contributed by atoms with E-state index in [1.165, 1.54) is 17.7 Å². The number of carbonyl (C=O) groups excluding carboxylic acids is 1. The van der Waals surface area contributed by atoms with Gasteiger partial charge in [0.2, 0.25) is 6.80 Å². The first-order chi connectivity index (χ1) is 15.5. The quantitative estimate of drug-likeness (QED) is 0.619. The van der Waals surface area contributed by atoms with Gasteiger partial charge in [-0.25, -0.2) is 13.2 Å². The predicted molar refractivity (Wildman–Crippen MR) is 114 cm³/mol. The number of hydrogen-bond donors (Lipinski definition) is 1. The van der Waals surface area contributed by atoms with Gasteiger partial charge in [-0.05, 0) is 53.5 Å². The molecular formula is C22H21F3N6O. The van der Waals surface area contributed by atoms with Crippen LogP contribution in [0.4, 0.5) is 24.8 Å². The Labute approximate surface area is 182 Å². The molecule has 10 heteroatoms. The second-order valence-corrected chi connectivity index (χ2v) is 7.32. The number of halogens is 3. The van der Waals surface area contributed by atoms with Crippen molar-refractivity contribution in [1.82, 2.24) is 20.2 Å². The number of nitrogens with zero attached hydrogens (tertiary/aromatic N) is 5. The number of hydrogen-bond acceptors (Lipinski definition) is 5. The smallest absolute Gasteiger partial charge is 0.266 e. The van der Waals surface area contributed by atoms with Gasteiger partial charge in [0.15, 0.2) is 11.6 Å². The summed E-state index contributed by atoms with van der Waals surface area (Å²) in [6.45, 7) is 2.50. The molecule has 1 N–H and O–H groups in total. The van der Waals surface area contributed by atoms with Crippen LogP contribution in [0, 0.1) is 11.6 Å². The minimum absolute atomic E-state index is 0.359. The third-order valence-electron chi connectivity index (χ3n) is 5.41. The monoisotopic (exact) mass is 442 g/mol. The molecular weight excluding hydrogens is 421 g/mol. The molecule has 0 atom stereocenters. The molecule has 0 saturated heterocycles. The molecule has 0 spiro atoms. The van der Waals surface area contributed by atoms with Gasteiger partial charge in [0, 0.05) is 18.8 Å². The highest BCUT2D eigenvalue weighted by Crippen LogP contribution is 2.30. The normalized spacial score (nSPS) is 14.1. The van der Waals surface area contributed by atoms with Crippen LogP contribution < -0.4 is 10.2 Å². The Kier molecular flexibility index (Phi) is 6.20. The molecule has 0 saturated carbocycles. The summed E-state index contributed by atoms with van der Waals surface area (Å²) < 4.78 is 40.0. The fourth-order valence-corrected chi connectivity index (χ4v) is 3.70. The molecule has 3 aromatic rings. The number of rotatable bonds is 6. The highest BCUT2D eigenvalue weighted by molar-refractivity contribution is 6.04. The van der Waals surface area contributed by atoms with Gasteiger partial charge in [-0.1, -0.05) is 35.8 Å². The van der Waals surface area contributed by atoms with E-state index < -0.39 is 24.3 Å². The van der Waals surface area contributed by atoms with Crippen LogP contribution in [0.5, 0.6) is 0 Å². The van der Waals surface area contributed by atoms with Gasteiger partial charge in [0.1, 0.15) is 0 Å². The lowest BCUT2D eigenvalue weighted by atomic mass is 9.92. The van der Waals surface area contributed by atoms with Gasteiger partial charge < -0.3 is 10.2 Å². The molecule has 0 aliphatic carbocycles. The largest absolute Gasteiger partial charge is 0.334 e. The summed E-state index contributed by atoms with van der Waals surface area (Å²) in [7, 11) is 0. The van der Waals surface area contributed by atoms with Crippen LogP contribution in [0.2, 0.25) is 0 Å². The molecule has 1 aliphatic rings. The van der Waals surface area contributed by atoms with E-state index in [0.29, 0.717) is 24.7 Å². The van der Waals surface area contributed by atoms with Gasteiger partial charge >= 0.3 is 0 Å². The Bertz CT molecular complexity index is 1160. The lowest BCUT2D eigenvalue weighted by Crippen LogP contribution is -2.32. The van der Waals surface area contributed by atoms with Crippen LogP contribution >= 0.6 is 0 Å². The molecule has 0 fully saturated rings. The maximum absolute atomic E-state index is 13.9. The van der Waals surface area contributed by atoms with E-state index in [4.69, 9.17) is 0 Å². The maximum Gasteiger partial charge on any atom is 0.266 e. The van der Waals surface area contributed by atoms with E-state index in [2.05, 4.69) is 27.7 Å². The topological polar surface area (TPSA) is 75.9 Å². The highest BCUT2D eigenvalue weighted by Gasteiger charge is 2.23. The Morgan fingerprint density at radius 3 is 2.62 bits per heavy atom. The van der Waals surface area contributed by atoms with Gasteiger partial charge in [-0.3, -0.25) is 4.79 Å². The third-order valence-corrected chi connectivity index (χ3v) is 5.41. The molecule has 1 aromatic heterocycles. The predicted octanol–water partition coefficient (Wildman–Crippen LogP) is 4.20. The van der Waals surface area contributed by atoms with E-state index in [9.17, 15) is 18.0 Å². The molecule has 32 heavy (non-hydrogen) atoms. The Morgan fingerprint density at radius 1 is 1.16 bits per heavy atom. The van der Waals surface area contributed by atoms with Gasteiger partial charge in [-0.15, -0.1) is 9.90 Å². The molecule has 166 valence electrons. The molecule has 4 rings (SSSR count). The average Bonchev–Trinajstić information content (AvgIpc) is 3.30. The summed E-state index contributed by atoms with van der Waals surface area (Å²) in [6, 6.07) is 10.6. The minimum Gasteiger partial charge on any atom is -0.334 e. The van der Waals surface area contributed by atoms with Crippen molar-refractivity contribution in [3.63, 3.8) is 0 Å². The number of benzene rings is 2. The van der Waals surface area contributed by atoms with Crippen molar-refractivity contribution < 1.29 is 18.0 Å². The zero-order valence-electron chi connectivity index (χ0n) is 17.4. The summed E-state index contributed by atoms with van der Waals surface area (Å²) >= 11 is 0. The Balaban J connectivity index is 1.52. The van der Waals surface area contributed by atoms with Crippen molar-refractivity contribution in [2.45, 2.75) is 26.6 Å². The van der Waals surface area contributed by atoms with Gasteiger partial charge in [0.25, 0.3) is 11.9 Å². The molecule has 0 unspecified atom stereocenters.